The molecule has 0 spiro atoms. The highest BCUT2D eigenvalue weighted by molar-refractivity contribution is 7.92. The quantitative estimate of drug-likeness (QED) is 0.363. The summed E-state index contributed by atoms with van der Waals surface area (Å²) < 4.78 is 42.1. The molecule has 0 saturated carbocycles. The molecule has 0 unspecified atom stereocenters. The predicted molar refractivity (Wildman–Crippen MR) is 151 cm³/mol. The Balaban J connectivity index is 2.07. The van der Waals surface area contributed by atoms with Crippen LogP contribution in [0.3, 0.4) is 0 Å². The zero-order valence-electron chi connectivity index (χ0n) is 23.0. The fraction of sp³-hybridized carbons (Fsp3) is 0.333. The molecule has 3 aromatic rings. The minimum atomic E-state index is -4.25. The van der Waals surface area contributed by atoms with Crippen LogP contribution in [0.25, 0.3) is 0 Å². The van der Waals surface area contributed by atoms with Crippen molar-refractivity contribution >= 4 is 27.5 Å². The molecule has 2 amide bonds. The molecule has 208 valence electrons. The van der Waals surface area contributed by atoms with E-state index in [9.17, 15) is 22.4 Å². The Bertz CT molecular complexity index is 1390. The highest BCUT2D eigenvalue weighted by atomic mass is 32.2. The largest absolute Gasteiger partial charge is 0.352 e. The van der Waals surface area contributed by atoms with Gasteiger partial charge in [0.25, 0.3) is 10.0 Å². The SMILES string of the molecule is CC[C@H](C(=O)NC(C)C)N(Cc1ccccc1C)C(=O)CN(c1ccc(C)cc1)S(=O)(=O)c1ccc(F)cc1. The average molecular weight is 554 g/mol. The summed E-state index contributed by atoms with van der Waals surface area (Å²) in [6, 6.07) is 17.8. The second-order valence-electron chi connectivity index (χ2n) is 9.84. The third kappa shape index (κ3) is 7.44. The summed E-state index contributed by atoms with van der Waals surface area (Å²) >= 11 is 0. The maximum atomic E-state index is 14.0. The average Bonchev–Trinajstić information content (AvgIpc) is 2.88. The number of sulfonamides is 1. The molecule has 3 rings (SSSR count). The molecule has 0 aliphatic rings. The number of hydrogen-bond acceptors (Lipinski definition) is 4. The third-order valence-electron chi connectivity index (χ3n) is 6.42. The molecule has 0 saturated heterocycles. The van der Waals surface area contributed by atoms with E-state index in [0.717, 1.165) is 33.1 Å². The normalized spacial score (nSPS) is 12.2. The van der Waals surface area contributed by atoms with Crippen LogP contribution in [-0.2, 0) is 26.2 Å². The van der Waals surface area contributed by atoms with Gasteiger partial charge in [-0.1, -0.05) is 48.9 Å². The van der Waals surface area contributed by atoms with E-state index in [0.29, 0.717) is 6.42 Å². The fourth-order valence-electron chi connectivity index (χ4n) is 4.24. The number of aryl methyl sites for hydroxylation is 2. The molecule has 0 aliphatic carbocycles. The molecule has 1 atom stereocenters. The van der Waals surface area contributed by atoms with Gasteiger partial charge in [0.1, 0.15) is 18.4 Å². The highest BCUT2D eigenvalue weighted by Crippen LogP contribution is 2.26. The number of carbonyl (C=O) groups excluding carboxylic acids is 2. The van der Waals surface area contributed by atoms with Crippen molar-refractivity contribution in [1.29, 1.82) is 0 Å². The first-order valence-electron chi connectivity index (χ1n) is 12.9. The maximum absolute atomic E-state index is 14.0. The first-order valence-corrected chi connectivity index (χ1v) is 14.4. The first-order chi connectivity index (χ1) is 18.4. The number of benzene rings is 3. The topological polar surface area (TPSA) is 86.8 Å². The molecule has 0 radical (unpaired) electrons. The summed E-state index contributed by atoms with van der Waals surface area (Å²) in [7, 11) is -4.25. The Morgan fingerprint density at radius 3 is 2.10 bits per heavy atom. The number of carbonyl (C=O) groups is 2. The summed E-state index contributed by atoms with van der Waals surface area (Å²) in [6.07, 6.45) is 0.339. The number of halogens is 1. The molecule has 1 N–H and O–H groups in total. The minimum Gasteiger partial charge on any atom is -0.352 e. The van der Waals surface area contributed by atoms with Crippen LogP contribution in [0.5, 0.6) is 0 Å². The van der Waals surface area contributed by atoms with Crippen LogP contribution >= 0.6 is 0 Å². The molecule has 0 aliphatic heterocycles. The molecule has 9 heteroatoms. The standard InChI is InChI=1S/C30H36FN3O4S/c1-6-28(30(36)32-21(2)3)33(19-24-10-8-7-9-23(24)5)29(35)20-34(26-15-11-22(4)12-16-26)39(37,38)27-17-13-25(31)14-18-27/h7-18,21,28H,6,19-20H2,1-5H3,(H,32,36)/t28-/m1/s1. The number of anilines is 1. The number of amides is 2. The maximum Gasteiger partial charge on any atom is 0.264 e. The lowest BCUT2D eigenvalue weighted by molar-refractivity contribution is -0.140. The molecule has 0 bridgehead atoms. The van der Waals surface area contributed by atoms with E-state index in [1.54, 1.807) is 24.3 Å². The van der Waals surface area contributed by atoms with E-state index in [2.05, 4.69) is 5.32 Å². The predicted octanol–water partition coefficient (Wildman–Crippen LogP) is 4.97. The number of nitrogens with zero attached hydrogens (tertiary/aromatic N) is 2. The van der Waals surface area contributed by atoms with Crippen molar-refractivity contribution in [3.63, 3.8) is 0 Å². The van der Waals surface area contributed by atoms with E-state index in [-0.39, 0.29) is 29.1 Å². The van der Waals surface area contributed by atoms with E-state index < -0.39 is 34.3 Å². The molecule has 7 nitrogen and oxygen atoms in total. The monoisotopic (exact) mass is 553 g/mol. The summed E-state index contributed by atoms with van der Waals surface area (Å²) in [6.45, 7) is 8.88. The van der Waals surface area contributed by atoms with Crippen LogP contribution in [0, 0.1) is 19.7 Å². The molecule has 3 aromatic carbocycles. The lowest BCUT2D eigenvalue weighted by atomic mass is 10.1. The van der Waals surface area contributed by atoms with Crippen LogP contribution in [0.15, 0.2) is 77.7 Å². The summed E-state index contributed by atoms with van der Waals surface area (Å²) in [4.78, 5) is 28.5. The smallest absolute Gasteiger partial charge is 0.264 e. The van der Waals surface area contributed by atoms with Crippen molar-refractivity contribution in [2.75, 3.05) is 10.8 Å². The van der Waals surface area contributed by atoms with E-state index in [1.807, 2.05) is 58.9 Å². The van der Waals surface area contributed by atoms with Gasteiger partial charge in [0.05, 0.1) is 10.6 Å². The van der Waals surface area contributed by atoms with Gasteiger partial charge < -0.3 is 10.2 Å². The molecular weight excluding hydrogens is 517 g/mol. The molecule has 0 fully saturated rings. The molecule has 0 heterocycles. The molecular formula is C30H36FN3O4S. The summed E-state index contributed by atoms with van der Waals surface area (Å²) in [5, 5.41) is 2.88. The van der Waals surface area contributed by atoms with E-state index >= 15 is 0 Å². The van der Waals surface area contributed by atoms with Crippen LogP contribution in [0.1, 0.15) is 43.9 Å². The van der Waals surface area contributed by atoms with Gasteiger partial charge in [-0.2, -0.15) is 0 Å². The van der Waals surface area contributed by atoms with E-state index in [1.165, 1.54) is 17.0 Å². The zero-order valence-corrected chi connectivity index (χ0v) is 23.8. The molecule has 0 aromatic heterocycles. The van der Waals surface area contributed by atoms with Gasteiger partial charge in [0.2, 0.25) is 11.8 Å². The van der Waals surface area contributed by atoms with Gasteiger partial charge in [-0.15, -0.1) is 0 Å². The third-order valence-corrected chi connectivity index (χ3v) is 8.21. The van der Waals surface area contributed by atoms with Gasteiger partial charge in [-0.05, 0) is 81.6 Å². The molecule has 39 heavy (non-hydrogen) atoms. The lowest BCUT2D eigenvalue weighted by Crippen LogP contribution is -2.53. The van der Waals surface area contributed by atoms with Crippen molar-refractivity contribution in [2.24, 2.45) is 0 Å². The number of nitrogens with one attached hydrogen (secondary N) is 1. The van der Waals surface area contributed by atoms with Crippen LogP contribution in [0.2, 0.25) is 0 Å². The number of hydrogen-bond donors (Lipinski definition) is 1. The van der Waals surface area contributed by atoms with Gasteiger partial charge in [-0.3, -0.25) is 13.9 Å². The Morgan fingerprint density at radius 1 is 0.923 bits per heavy atom. The Kier molecular flexibility index (Phi) is 9.86. The summed E-state index contributed by atoms with van der Waals surface area (Å²) in [5.74, 6) is -1.41. The second-order valence-corrected chi connectivity index (χ2v) is 11.7. The highest BCUT2D eigenvalue weighted by Gasteiger charge is 2.34. The zero-order chi connectivity index (χ0) is 28.7. The van der Waals surface area contributed by atoms with Gasteiger partial charge in [0.15, 0.2) is 0 Å². The van der Waals surface area contributed by atoms with Crippen LogP contribution in [0.4, 0.5) is 10.1 Å². The lowest BCUT2D eigenvalue weighted by Gasteiger charge is -2.34. The van der Waals surface area contributed by atoms with Crippen molar-refractivity contribution in [1.82, 2.24) is 10.2 Å². The summed E-state index contributed by atoms with van der Waals surface area (Å²) in [5.41, 5.74) is 3.00. The first kappa shape index (κ1) is 29.8. The van der Waals surface area contributed by atoms with Gasteiger partial charge in [0, 0.05) is 12.6 Å². The minimum absolute atomic E-state index is 0.133. The Hall–Kier alpha value is -3.72. The van der Waals surface area contributed by atoms with Crippen LogP contribution < -0.4 is 9.62 Å². The van der Waals surface area contributed by atoms with Gasteiger partial charge in [-0.25, -0.2) is 12.8 Å². The van der Waals surface area contributed by atoms with Crippen molar-refractivity contribution < 1.29 is 22.4 Å². The van der Waals surface area contributed by atoms with Crippen molar-refractivity contribution in [2.45, 2.75) is 64.6 Å². The van der Waals surface area contributed by atoms with Crippen molar-refractivity contribution in [3.05, 3.63) is 95.3 Å². The Morgan fingerprint density at radius 2 is 1.54 bits per heavy atom. The van der Waals surface area contributed by atoms with Gasteiger partial charge >= 0.3 is 0 Å². The number of rotatable bonds is 11. The van der Waals surface area contributed by atoms with E-state index in [4.69, 9.17) is 0 Å². The second kappa shape index (κ2) is 12.9. The fourth-order valence-corrected chi connectivity index (χ4v) is 5.66. The van der Waals surface area contributed by atoms with Crippen molar-refractivity contribution in [3.8, 4) is 0 Å². The Labute approximate surface area is 230 Å². The van der Waals surface area contributed by atoms with Crippen LogP contribution in [-0.4, -0.2) is 43.8 Å².